The summed E-state index contributed by atoms with van der Waals surface area (Å²) in [4.78, 5) is 22.6. The van der Waals surface area contributed by atoms with Crippen molar-refractivity contribution in [2.24, 2.45) is 0 Å². The van der Waals surface area contributed by atoms with E-state index < -0.39 is 0 Å². The van der Waals surface area contributed by atoms with E-state index in [0.717, 1.165) is 38.2 Å². The lowest BCUT2D eigenvalue weighted by atomic mass is 9.99. The summed E-state index contributed by atoms with van der Waals surface area (Å²) in [6.07, 6.45) is 2.65. The number of nitrogens with zero attached hydrogens (tertiary/aromatic N) is 2. The number of carbonyl (C=O) groups is 1. The Labute approximate surface area is 172 Å². The van der Waals surface area contributed by atoms with Crippen molar-refractivity contribution in [1.29, 1.82) is 0 Å². The van der Waals surface area contributed by atoms with E-state index in [-0.39, 0.29) is 18.1 Å². The van der Waals surface area contributed by atoms with Crippen LogP contribution in [0.4, 0.5) is 9.52 Å². The highest BCUT2D eigenvalue weighted by atomic mass is 32.1. The fourth-order valence-electron chi connectivity index (χ4n) is 3.41. The molecule has 0 bridgehead atoms. The zero-order chi connectivity index (χ0) is 20.4. The molecule has 0 aliphatic rings. The van der Waals surface area contributed by atoms with Gasteiger partial charge in [0.05, 0.1) is 11.9 Å². The molecular weight excluding hydrogens is 385 g/mol. The molecule has 4 nitrogen and oxygen atoms in total. The summed E-state index contributed by atoms with van der Waals surface area (Å²) < 4.78 is 13.0. The Balaban J connectivity index is 1.46. The Kier molecular flexibility index (Phi) is 5.36. The second-order valence-corrected chi connectivity index (χ2v) is 8.09. The largest absolute Gasteiger partial charge is 0.302 e. The van der Waals surface area contributed by atoms with Gasteiger partial charge in [-0.2, -0.15) is 0 Å². The number of thiazole rings is 1. The first-order chi connectivity index (χ1) is 14.0. The molecule has 4 rings (SSSR count). The second-order valence-electron chi connectivity index (χ2n) is 6.98. The molecule has 1 amide bonds. The van der Waals surface area contributed by atoms with E-state index in [1.54, 1.807) is 18.3 Å². The Morgan fingerprint density at radius 1 is 1.10 bits per heavy atom. The maximum absolute atomic E-state index is 13.0. The van der Waals surface area contributed by atoms with E-state index in [9.17, 15) is 9.18 Å². The highest BCUT2D eigenvalue weighted by Gasteiger charge is 2.14. The van der Waals surface area contributed by atoms with Gasteiger partial charge in [-0.25, -0.2) is 9.37 Å². The van der Waals surface area contributed by atoms with E-state index in [1.165, 1.54) is 23.5 Å². The predicted molar refractivity (Wildman–Crippen MR) is 115 cm³/mol. The number of benzene rings is 2. The summed E-state index contributed by atoms with van der Waals surface area (Å²) in [7, 11) is 0. The van der Waals surface area contributed by atoms with Gasteiger partial charge < -0.3 is 5.32 Å². The first kappa shape index (κ1) is 19.2. The van der Waals surface area contributed by atoms with E-state index in [0.29, 0.717) is 11.6 Å². The maximum atomic E-state index is 13.0. The zero-order valence-corrected chi connectivity index (χ0v) is 17.0. The van der Waals surface area contributed by atoms with Gasteiger partial charge in [-0.05, 0) is 48.7 Å². The van der Waals surface area contributed by atoms with Crippen LogP contribution in [-0.4, -0.2) is 15.9 Å². The molecule has 6 heteroatoms. The monoisotopic (exact) mass is 405 g/mol. The van der Waals surface area contributed by atoms with Crippen molar-refractivity contribution >= 4 is 33.3 Å². The summed E-state index contributed by atoms with van der Waals surface area (Å²) in [6.45, 7) is 3.97. The van der Waals surface area contributed by atoms with E-state index in [4.69, 9.17) is 0 Å². The number of anilines is 1. The molecule has 146 valence electrons. The third-order valence-corrected chi connectivity index (χ3v) is 5.83. The van der Waals surface area contributed by atoms with Gasteiger partial charge in [-0.3, -0.25) is 9.78 Å². The normalized spacial score (nSPS) is 11.0. The highest BCUT2D eigenvalue weighted by Crippen LogP contribution is 2.24. The van der Waals surface area contributed by atoms with Crippen LogP contribution >= 0.6 is 11.3 Å². The number of nitrogens with one attached hydrogen (secondary N) is 1. The van der Waals surface area contributed by atoms with Crippen molar-refractivity contribution in [2.45, 2.75) is 26.7 Å². The lowest BCUT2D eigenvalue weighted by molar-refractivity contribution is -0.115. The number of aryl methyl sites for hydroxylation is 2. The number of pyridine rings is 1. The molecule has 0 saturated heterocycles. The van der Waals surface area contributed by atoms with Crippen molar-refractivity contribution in [3.8, 4) is 0 Å². The SMILES string of the molecule is Cc1nc2ccccc2c(C)c1CC(=O)Nc1ncc(Cc2ccc(F)cc2)s1. The number of para-hydroxylation sites is 1. The molecule has 29 heavy (non-hydrogen) atoms. The van der Waals surface area contributed by atoms with Crippen LogP contribution in [0.5, 0.6) is 0 Å². The molecule has 2 aromatic heterocycles. The quantitative estimate of drug-likeness (QED) is 0.495. The second kappa shape index (κ2) is 8.09. The Morgan fingerprint density at radius 2 is 1.86 bits per heavy atom. The van der Waals surface area contributed by atoms with E-state index >= 15 is 0 Å². The number of hydrogen-bond donors (Lipinski definition) is 1. The maximum Gasteiger partial charge on any atom is 0.230 e. The van der Waals surface area contributed by atoms with E-state index in [2.05, 4.69) is 15.3 Å². The number of rotatable bonds is 5. The highest BCUT2D eigenvalue weighted by molar-refractivity contribution is 7.15. The molecule has 1 N–H and O–H groups in total. The van der Waals surface area contributed by atoms with Crippen LogP contribution < -0.4 is 5.32 Å². The number of hydrogen-bond acceptors (Lipinski definition) is 4. The fourth-order valence-corrected chi connectivity index (χ4v) is 4.27. The first-order valence-electron chi connectivity index (χ1n) is 9.33. The summed E-state index contributed by atoms with van der Waals surface area (Å²) in [5, 5.41) is 4.52. The van der Waals surface area contributed by atoms with Gasteiger partial charge in [0.1, 0.15) is 5.82 Å². The lowest BCUT2D eigenvalue weighted by Crippen LogP contribution is -2.16. The molecule has 0 unspecified atom stereocenters. The van der Waals surface area contributed by atoms with E-state index in [1.807, 2.05) is 38.1 Å². The fraction of sp³-hybridized carbons (Fsp3) is 0.174. The molecule has 0 saturated carbocycles. The number of carbonyl (C=O) groups excluding carboxylic acids is 1. The zero-order valence-electron chi connectivity index (χ0n) is 16.2. The molecule has 4 aromatic rings. The average molecular weight is 405 g/mol. The van der Waals surface area contributed by atoms with Crippen LogP contribution in [0.15, 0.2) is 54.7 Å². The Bertz CT molecular complexity index is 1180. The van der Waals surface area contributed by atoms with Gasteiger partial charge in [-0.15, -0.1) is 11.3 Å². The third-order valence-electron chi connectivity index (χ3n) is 4.91. The molecule has 0 atom stereocenters. The van der Waals surface area contributed by atoms with Crippen molar-refractivity contribution in [3.63, 3.8) is 0 Å². The molecule has 2 heterocycles. The molecule has 0 radical (unpaired) electrons. The summed E-state index contributed by atoms with van der Waals surface area (Å²) in [5.41, 5.74) is 4.84. The van der Waals surface area contributed by atoms with Crippen LogP contribution in [-0.2, 0) is 17.6 Å². The van der Waals surface area contributed by atoms with Crippen LogP contribution in [0.1, 0.15) is 27.3 Å². The Morgan fingerprint density at radius 3 is 2.66 bits per heavy atom. The molecule has 0 aliphatic heterocycles. The minimum absolute atomic E-state index is 0.115. The Hall–Kier alpha value is -3.12. The van der Waals surface area contributed by atoms with Gasteiger partial charge in [0, 0.05) is 28.6 Å². The number of amides is 1. The van der Waals surface area contributed by atoms with Gasteiger partial charge in [0.15, 0.2) is 5.13 Å². The predicted octanol–water partition coefficient (Wildman–Crippen LogP) is 5.22. The van der Waals surface area contributed by atoms with Gasteiger partial charge in [0.25, 0.3) is 0 Å². The lowest BCUT2D eigenvalue weighted by Gasteiger charge is -2.12. The molecule has 2 aromatic carbocycles. The van der Waals surface area contributed by atoms with Crippen molar-refractivity contribution < 1.29 is 9.18 Å². The van der Waals surface area contributed by atoms with Gasteiger partial charge >= 0.3 is 0 Å². The van der Waals surface area contributed by atoms with Crippen LogP contribution in [0, 0.1) is 19.7 Å². The summed E-state index contributed by atoms with van der Waals surface area (Å²) in [5.74, 6) is -0.365. The number of halogens is 1. The van der Waals surface area contributed by atoms with Gasteiger partial charge in [-0.1, -0.05) is 30.3 Å². The topological polar surface area (TPSA) is 54.9 Å². The van der Waals surface area contributed by atoms with Crippen LogP contribution in [0.2, 0.25) is 0 Å². The molecule has 0 fully saturated rings. The van der Waals surface area contributed by atoms with Crippen LogP contribution in [0.3, 0.4) is 0 Å². The number of fused-ring (bicyclic) bond motifs is 1. The smallest absolute Gasteiger partial charge is 0.230 e. The number of aromatic nitrogens is 2. The minimum atomic E-state index is -0.250. The summed E-state index contributed by atoms with van der Waals surface area (Å²) in [6, 6.07) is 14.4. The van der Waals surface area contributed by atoms with Crippen molar-refractivity contribution in [1.82, 2.24) is 9.97 Å². The molecule has 0 aliphatic carbocycles. The van der Waals surface area contributed by atoms with Crippen molar-refractivity contribution in [3.05, 3.63) is 87.8 Å². The minimum Gasteiger partial charge on any atom is -0.302 e. The van der Waals surface area contributed by atoms with Crippen molar-refractivity contribution in [2.75, 3.05) is 5.32 Å². The average Bonchev–Trinajstić information content (AvgIpc) is 3.13. The standard InChI is InChI=1S/C23H20FN3OS/c1-14-19-5-3-4-6-21(19)26-15(2)20(14)12-22(28)27-23-25-13-18(29-23)11-16-7-9-17(24)10-8-16/h3-10,13H,11-12H2,1-2H3,(H,25,27,28). The first-order valence-corrected chi connectivity index (χ1v) is 10.1. The van der Waals surface area contributed by atoms with Gasteiger partial charge in [0.2, 0.25) is 5.91 Å². The van der Waals surface area contributed by atoms with Crippen LogP contribution in [0.25, 0.3) is 10.9 Å². The molecule has 0 spiro atoms. The summed E-state index contributed by atoms with van der Waals surface area (Å²) >= 11 is 1.43. The molecular formula is C23H20FN3OS. The third kappa shape index (κ3) is 4.32.